The number of hydrogen-bond acceptors (Lipinski definition) is 3. The van der Waals surface area contributed by atoms with Gasteiger partial charge in [-0.3, -0.25) is 0 Å². The Kier molecular flexibility index (Phi) is 4.20. The van der Waals surface area contributed by atoms with Gasteiger partial charge in [0, 0.05) is 0 Å². The molecule has 0 unspecified atom stereocenters. The zero-order chi connectivity index (χ0) is 16.2. The van der Waals surface area contributed by atoms with E-state index in [9.17, 15) is 5.11 Å². The monoisotopic (exact) mass is 306 g/mol. The number of aryl methyl sites for hydroxylation is 2. The lowest BCUT2D eigenvalue weighted by molar-refractivity contribution is 0.376. The molecule has 0 bridgehead atoms. The van der Waals surface area contributed by atoms with E-state index in [0.717, 1.165) is 11.1 Å². The number of rotatable bonds is 4. The Morgan fingerprint density at radius 3 is 1.39 bits per heavy atom. The fourth-order valence-corrected chi connectivity index (χ4v) is 2.25. The van der Waals surface area contributed by atoms with Gasteiger partial charge in [0.1, 0.15) is 11.5 Å². The van der Waals surface area contributed by atoms with Gasteiger partial charge in [-0.05, 0) is 49.2 Å². The summed E-state index contributed by atoms with van der Waals surface area (Å²) >= 11 is 0. The van der Waals surface area contributed by atoms with Gasteiger partial charge in [-0.1, -0.05) is 42.5 Å². The number of phenolic OH excluding ortho intramolecular Hbond substituents is 1. The van der Waals surface area contributed by atoms with Crippen LogP contribution in [-0.2, 0) is 0 Å². The number of aromatic hydroxyl groups is 1. The number of hydrogen-bond donors (Lipinski definition) is 1. The molecule has 3 nitrogen and oxygen atoms in total. The van der Waals surface area contributed by atoms with E-state index in [2.05, 4.69) is 0 Å². The minimum atomic E-state index is -0.0148. The van der Waals surface area contributed by atoms with Gasteiger partial charge in [-0.15, -0.1) is 0 Å². The smallest absolute Gasteiger partial charge is 0.202 e. The van der Waals surface area contributed by atoms with Gasteiger partial charge in [0.05, 0.1) is 0 Å². The molecule has 0 saturated carbocycles. The maximum Gasteiger partial charge on any atom is 0.202 e. The summed E-state index contributed by atoms with van der Waals surface area (Å²) in [6.07, 6.45) is 0. The number of para-hydroxylation sites is 3. The molecule has 3 heteroatoms. The molecule has 0 aliphatic rings. The van der Waals surface area contributed by atoms with Crippen molar-refractivity contribution < 1.29 is 14.6 Å². The lowest BCUT2D eigenvalue weighted by Gasteiger charge is -2.14. The third kappa shape index (κ3) is 3.29. The minimum absolute atomic E-state index is 0.0148. The van der Waals surface area contributed by atoms with Gasteiger partial charge >= 0.3 is 0 Å². The van der Waals surface area contributed by atoms with Gasteiger partial charge in [-0.25, -0.2) is 0 Å². The van der Waals surface area contributed by atoms with Gasteiger partial charge in [0.2, 0.25) is 5.75 Å². The van der Waals surface area contributed by atoms with Crippen molar-refractivity contribution >= 4 is 0 Å². The third-order valence-corrected chi connectivity index (χ3v) is 3.59. The van der Waals surface area contributed by atoms with Crippen molar-refractivity contribution in [2.24, 2.45) is 0 Å². The standard InChI is InChI=1S/C20H18O3/c1-14-8-3-5-10-16(14)22-18-12-7-13-19(20(18)21)23-17-11-6-4-9-15(17)2/h3-13,21H,1-2H3. The van der Waals surface area contributed by atoms with Crippen LogP contribution >= 0.6 is 0 Å². The Bertz CT molecular complexity index is 759. The largest absolute Gasteiger partial charge is 0.502 e. The lowest BCUT2D eigenvalue weighted by Crippen LogP contribution is -1.91. The van der Waals surface area contributed by atoms with Crippen LogP contribution in [0.15, 0.2) is 66.7 Å². The van der Waals surface area contributed by atoms with E-state index in [-0.39, 0.29) is 5.75 Å². The molecule has 116 valence electrons. The lowest BCUT2D eigenvalue weighted by atomic mass is 10.2. The molecule has 0 spiro atoms. The Morgan fingerprint density at radius 1 is 0.565 bits per heavy atom. The molecular formula is C20H18O3. The Labute approximate surface area is 135 Å². The van der Waals surface area contributed by atoms with Gasteiger partial charge < -0.3 is 14.6 Å². The second kappa shape index (κ2) is 6.44. The summed E-state index contributed by atoms with van der Waals surface area (Å²) in [5.74, 6) is 2.13. The van der Waals surface area contributed by atoms with Crippen molar-refractivity contribution in [3.8, 4) is 28.7 Å². The average Bonchev–Trinajstić information content (AvgIpc) is 2.55. The molecule has 0 atom stereocenters. The van der Waals surface area contributed by atoms with Crippen molar-refractivity contribution in [2.45, 2.75) is 13.8 Å². The van der Waals surface area contributed by atoms with E-state index >= 15 is 0 Å². The third-order valence-electron chi connectivity index (χ3n) is 3.59. The molecule has 0 aliphatic heterocycles. The van der Waals surface area contributed by atoms with Crippen LogP contribution < -0.4 is 9.47 Å². The normalized spacial score (nSPS) is 10.3. The van der Waals surface area contributed by atoms with Gasteiger partial charge in [-0.2, -0.15) is 0 Å². The molecule has 0 aliphatic carbocycles. The van der Waals surface area contributed by atoms with Crippen LogP contribution in [0.2, 0.25) is 0 Å². The topological polar surface area (TPSA) is 38.7 Å². The Hall–Kier alpha value is -2.94. The summed E-state index contributed by atoms with van der Waals surface area (Å²) in [5.41, 5.74) is 1.99. The van der Waals surface area contributed by atoms with Crippen molar-refractivity contribution in [1.82, 2.24) is 0 Å². The highest BCUT2D eigenvalue weighted by Crippen LogP contribution is 2.41. The molecule has 0 heterocycles. The van der Waals surface area contributed by atoms with Crippen LogP contribution in [0.3, 0.4) is 0 Å². The van der Waals surface area contributed by atoms with E-state index in [0.29, 0.717) is 23.0 Å². The summed E-state index contributed by atoms with van der Waals surface area (Å²) in [6, 6.07) is 20.5. The first-order valence-electron chi connectivity index (χ1n) is 7.44. The van der Waals surface area contributed by atoms with Crippen LogP contribution in [0, 0.1) is 13.8 Å². The molecule has 23 heavy (non-hydrogen) atoms. The maximum atomic E-state index is 10.4. The Morgan fingerprint density at radius 2 is 0.957 bits per heavy atom. The van der Waals surface area contributed by atoms with Gasteiger partial charge in [0.15, 0.2) is 11.5 Å². The second-order valence-electron chi connectivity index (χ2n) is 5.34. The van der Waals surface area contributed by atoms with E-state index in [4.69, 9.17) is 9.47 Å². The van der Waals surface area contributed by atoms with E-state index in [1.54, 1.807) is 18.2 Å². The first-order chi connectivity index (χ1) is 11.1. The van der Waals surface area contributed by atoms with Crippen LogP contribution in [0.1, 0.15) is 11.1 Å². The van der Waals surface area contributed by atoms with Crippen molar-refractivity contribution in [2.75, 3.05) is 0 Å². The summed E-state index contributed by atoms with van der Waals surface area (Å²) < 4.78 is 11.6. The van der Waals surface area contributed by atoms with Crippen LogP contribution in [0.4, 0.5) is 0 Å². The number of phenols is 1. The van der Waals surface area contributed by atoms with Crippen LogP contribution in [0.5, 0.6) is 28.7 Å². The van der Waals surface area contributed by atoms with E-state index in [1.165, 1.54) is 0 Å². The first-order valence-corrected chi connectivity index (χ1v) is 7.44. The molecule has 0 radical (unpaired) electrons. The second-order valence-corrected chi connectivity index (χ2v) is 5.34. The van der Waals surface area contributed by atoms with Crippen LogP contribution in [-0.4, -0.2) is 5.11 Å². The maximum absolute atomic E-state index is 10.4. The molecular weight excluding hydrogens is 288 g/mol. The van der Waals surface area contributed by atoms with Crippen molar-refractivity contribution in [3.05, 3.63) is 77.9 Å². The molecule has 1 N–H and O–H groups in total. The van der Waals surface area contributed by atoms with E-state index in [1.807, 2.05) is 62.4 Å². The predicted molar refractivity (Wildman–Crippen MR) is 90.6 cm³/mol. The summed E-state index contributed by atoms with van der Waals surface area (Å²) in [7, 11) is 0. The highest BCUT2D eigenvalue weighted by atomic mass is 16.5. The van der Waals surface area contributed by atoms with Crippen molar-refractivity contribution in [1.29, 1.82) is 0 Å². The highest BCUT2D eigenvalue weighted by molar-refractivity contribution is 5.53. The molecule has 0 aromatic heterocycles. The summed E-state index contributed by atoms with van der Waals surface area (Å²) in [5, 5.41) is 10.4. The minimum Gasteiger partial charge on any atom is -0.502 e. The van der Waals surface area contributed by atoms with E-state index < -0.39 is 0 Å². The molecule has 0 saturated heterocycles. The SMILES string of the molecule is Cc1ccccc1Oc1cccc(Oc2ccccc2C)c1O. The highest BCUT2D eigenvalue weighted by Gasteiger charge is 2.12. The predicted octanol–water partition coefficient (Wildman–Crippen LogP) is 5.59. The summed E-state index contributed by atoms with van der Waals surface area (Å²) in [4.78, 5) is 0. The van der Waals surface area contributed by atoms with Crippen LogP contribution in [0.25, 0.3) is 0 Å². The molecule has 0 amide bonds. The molecule has 3 aromatic carbocycles. The quantitative estimate of drug-likeness (QED) is 0.682. The zero-order valence-electron chi connectivity index (χ0n) is 13.1. The molecule has 3 rings (SSSR count). The van der Waals surface area contributed by atoms with Gasteiger partial charge in [0.25, 0.3) is 0 Å². The fraction of sp³-hybridized carbons (Fsp3) is 0.100. The molecule has 0 fully saturated rings. The van der Waals surface area contributed by atoms with Crippen molar-refractivity contribution in [3.63, 3.8) is 0 Å². The fourth-order valence-electron chi connectivity index (χ4n) is 2.25. The number of ether oxygens (including phenoxy) is 2. The first kappa shape index (κ1) is 15.0. The zero-order valence-corrected chi connectivity index (χ0v) is 13.1. The Balaban J connectivity index is 1.90. The summed E-state index contributed by atoms with van der Waals surface area (Å²) in [6.45, 7) is 3.92. The number of benzene rings is 3. The average molecular weight is 306 g/mol. The molecule has 3 aromatic rings.